The van der Waals surface area contributed by atoms with E-state index >= 15 is 0 Å². The van der Waals surface area contributed by atoms with Crippen LogP contribution in [0.1, 0.15) is 61.5 Å². The Morgan fingerprint density at radius 3 is 2.40 bits per heavy atom. The first-order chi connectivity index (χ1) is 11.5. The second kappa shape index (κ2) is 10.8. The molecule has 0 amide bonds. The Morgan fingerprint density at radius 2 is 1.88 bits per heavy atom. The van der Waals surface area contributed by atoms with Gasteiger partial charge < -0.3 is 10.6 Å². The number of nitrogens with zero attached hydrogens (tertiary/aromatic N) is 2. The van der Waals surface area contributed by atoms with Crippen LogP contribution in [0.15, 0.2) is 34.6 Å². The zero-order valence-electron chi connectivity index (χ0n) is 15.7. The predicted octanol–water partition coefficient (Wildman–Crippen LogP) is 4.87. The van der Waals surface area contributed by atoms with Gasteiger partial charge in [0.1, 0.15) is 0 Å². The van der Waals surface area contributed by atoms with Crippen LogP contribution in [0.2, 0.25) is 0 Å². The van der Waals surface area contributed by atoms with Crippen LogP contribution in [0.3, 0.4) is 0 Å². The van der Waals surface area contributed by atoms with E-state index in [2.05, 4.69) is 78.0 Å². The third-order valence-corrected chi connectivity index (χ3v) is 5.16. The summed E-state index contributed by atoms with van der Waals surface area (Å²) >= 11 is 1.72. The minimum Gasteiger partial charge on any atom is -0.351 e. The summed E-state index contributed by atoms with van der Waals surface area (Å²) in [6.45, 7) is 9.34. The van der Waals surface area contributed by atoms with Crippen LogP contribution in [-0.2, 0) is 13.0 Å². The summed E-state index contributed by atoms with van der Waals surface area (Å²) < 4.78 is 0. The quantitative estimate of drug-likeness (QED) is 0.358. The number of aliphatic imine (C=N–C) groups is 1. The smallest absolute Gasteiger partial charge is 0.191 e. The Kier molecular flexibility index (Phi) is 9.42. The van der Waals surface area contributed by atoms with E-state index in [0.717, 1.165) is 18.1 Å². The zero-order chi connectivity index (χ0) is 17.5. The van der Waals surface area contributed by atoms with Crippen molar-refractivity contribution in [1.82, 2.24) is 15.6 Å². The summed E-state index contributed by atoms with van der Waals surface area (Å²) in [4.78, 5) is 8.96. The molecule has 1 unspecified atom stereocenters. The summed E-state index contributed by atoms with van der Waals surface area (Å²) in [6, 6.07) is 8.93. The van der Waals surface area contributed by atoms with Gasteiger partial charge >= 0.3 is 0 Å². The molecule has 1 aromatic heterocycles. The van der Waals surface area contributed by atoms with Crippen molar-refractivity contribution in [2.45, 2.75) is 52.6 Å². The number of benzene rings is 1. The molecule has 2 rings (SSSR count). The highest BCUT2D eigenvalue weighted by Crippen LogP contribution is 2.19. The van der Waals surface area contributed by atoms with Gasteiger partial charge in [-0.1, -0.05) is 45.0 Å². The van der Waals surface area contributed by atoms with Crippen molar-refractivity contribution >= 4 is 41.3 Å². The highest BCUT2D eigenvalue weighted by atomic mass is 127. The number of hydrogen-bond donors (Lipinski definition) is 2. The highest BCUT2D eigenvalue weighted by Gasteiger charge is 2.09. The van der Waals surface area contributed by atoms with Gasteiger partial charge in [-0.15, -0.1) is 35.3 Å². The maximum absolute atomic E-state index is 4.65. The molecule has 25 heavy (non-hydrogen) atoms. The number of thiazole rings is 1. The molecule has 1 aromatic carbocycles. The minimum absolute atomic E-state index is 0. The van der Waals surface area contributed by atoms with Crippen LogP contribution in [0, 0.1) is 0 Å². The van der Waals surface area contributed by atoms with Gasteiger partial charge in [-0.3, -0.25) is 4.99 Å². The Balaban J connectivity index is 0.00000312. The lowest BCUT2D eigenvalue weighted by molar-refractivity contribution is 0.682. The average molecular weight is 472 g/mol. The molecule has 0 radical (unpaired) electrons. The van der Waals surface area contributed by atoms with Gasteiger partial charge in [0.2, 0.25) is 0 Å². The lowest BCUT2D eigenvalue weighted by Crippen LogP contribution is -2.38. The van der Waals surface area contributed by atoms with E-state index < -0.39 is 0 Å². The Labute approximate surface area is 172 Å². The van der Waals surface area contributed by atoms with E-state index in [0.29, 0.717) is 12.5 Å². The second-order valence-electron chi connectivity index (χ2n) is 6.22. The summed E-state index contributed by atoms with van der Waals surface area (Å²) in [5.41, 5.74) is 3.68. The van der Waals surface area contributed by atoms with Crippen molar-refractivity contribution < 1.29 is 0 Å². The predicted molar refractivity (Wildman–Crippen MR) is 119 cm³/mol. The minimum atomic E-state index is 0. The highest BCUT2D eigenvalue weighted by molar-refractivity contribution is 14.0. The molecule has 6 heteroatoms. The summed E-state index contributed by atoms with van der Waals surface area (Å²) in [7, 11) is 1.79. The van der Waals surface area contributed by atoms with Crippen molar-refractivity contribution in [3.63, 3.8) is 0 Å². The molecule has 0 spiro atoms. The molecule has 0 saturated carbocycles. The third kappa shape index (κ3) is 6.58. The fraction of sp³-hybridized carbons (Fsp3) is 0.474. The van der Waals surface area contributed by atoms with Gasteiger partial charge in [0.15, 0.2) is 5.96 Å². The standard InChI is InChI=1S/C19H28N4S.HI/c1-6-15-7-9-16(10-8-15)14(4)22-19(20-5)21-11-17-12-24-18(23-17)13(2)3;/h7-10,12-14H,6,11H2,1-5H3,(H2,20,21,22);1H. The number of rotatable bonds is 6. The fourth-order valence-electron chi connectivity index (χ4n) is 2.37. The molecule has 2 aromatic rings. The first-order valence-electron chi connectivity index (χ1n) is 8.53. The summed E-state index contributed by atoms with van der Waals surface area (Å²) in [6.07, 6.45) is 1.07. The van der Waals surface area contributed by atoms with Gasteiger partial charge in [0.25, 0.3) is 0 Å². The average Bonchev–Trinajstić information content (AvgIpc) is 3.07. The molecule has 0 aliphatic rings. The molecule has 1 atom stereocenters. The van der Waals surface area contributed by atoms with E-state index in [9.17, 15) is 0 Å². The van der Waals surface area contributed by atoms with Crippen LogP contribution >= 0.6 is 35.3 Å². The molecular formula is C19H29IN4S. The molecule has 4 nitrogen and oxygen atoms in total. The van der Waals surface area contributed by atoms with E-state index in [1.807, 2.05) is 0 Å². The van der Waals surface area contributed by atoms with Gasteiger partial charge in [0, 0.05) is 18.3 Å². The van der Waals surface area contributed by atoms with E-state index in [-0.39, 0.29) is 30.0 Å². The molecule has 1 heterocycles. The van der Waals surface area contributed by atoms with Gasteiger partial charge in [-0.05, 0) is 24.5 Å². The topological polar surface area (TPSA) is 49.3 Å². The van der Waals surface area contributed by atoms with Crippen LogP contribution in [0.5, 0.6) is 0 Å². The molecule has 0 aliphatic carbocycles. The summed E-state index contributed by atoms with van der Waals surface area (Å²) in [5.74, 6) is 1.27. The monoisotopic (exact) mass is 472 g/mol. The van der Waals surface area contributed by atoms with Crippen molar-refractivity contribution in [3.8, 4) is 0 Å². The van der Waals surface area contributed by atoms with E-state index in [1.54, 1.807) is 18.4 Å². The first-order valence-corrected chi connectivity index (χ1v) is 9.41. The fourth-order valence-corrected chi connectivity index (χ4v) is 3.20. The maximum atomic E-state index is 4.65. The number of guanidine groups is 1. The number of aromatic nitrogens is 1. The Bertz CT molecular complexity index is 664. The number of aryl methyl sites for hydroxylation is 1. The van der Waals surface area contributed by atoms with Crippen molar-refractivity contribution in [2.75, 3.05) is 7.05 Å². The largest absolute Gasteiger partial charge is 0.351 e. The van der Waals surface area contributed by atoms with E-state index in [1.165, 1.54) is 16.1 Å². The molecular weight excluding hydrogens is 443 g/mol. The first kappa shape index (κ1) is 21.9. The van der Waals surface area contributed by atoms with E-state index in [4.69, 9.17) is 0 Å². The normalized spacial score (nSPS) is 12.6. The number of nitrogens with one attached hydrogen (secondary N) is 2. The SMILES string of the molecule is CCc1ccc(C(C)NC(=NC)NCc2csc(C(C)C)n2)cc1.I. The van der Waals surface area contributed by atoms with Crippen LogP contribution in [-0.4, -0.2) is 18.0 Å². The van der Waals surface area contributed by atoms with Crippen LogP contribution in [0.4, 0.5) is 0 Å². The Morgan fingerprint density at radius 1 is 1.20 bits per heavy atom. The van der Waals surface area contributed by atoms with Crippen molar-refractivity contribution in [3.05, 3.63) is 51.5 Å². The number of hydrogen-bond acceptors (Lipinski definition) is 3. The van der Waals surface area contributed by atoms with Crippen LogP contribution < -0.4 is 10.6 Å². The Hall–Kier alpha value is -1.15. The van der Waals surface area contributed by atoms with Crippen molar-refractivity contribution in [1.29, 1.82) is 0 Å². The van der Waals surface area contributed by atoms with Crippen molar-refractivity contribution in [2.24, 2.45) is 4.99 Å². The summed E-state index contributed by atoms with van der Waals surface area (Å²) in [5, 5.41) is 10.1. The lowest BCUT2D eigenvalue weighted by atomic mass is 10.1. The zero-order valence-corrected chi connectivity index (χ0v) is 18.8. The lowest BCUT2D eigenvalue weighted by Gasteiger charge is -2.18. The third-order valence-electron chi connectivity index (χ3n) is 3.97. The van der Waals surface area contributed by atoms with Crippen LogP contribution in [0.25, 0.3) is 0 Å². The molecule has 0 bridgehead atoms. The second-order valence-corrected chi connectivity index (χ2v) is 7.11. The molecule has 2 N–H and O–H groups in total. The molecule has 138 valence electrons. The van der Waals surface area contributed by atoms with Gasteiger partial charge in [0.05, 0.1) is 23.3 Å². The molecule has 0 aliphatic heterocycles. The molecule has 0 fully saturated rings. The maximum Gasteiger partial charge on any atom is 0.191 e. The van der Waals surface area contributed by atoms with Gasteiger partial charge in [-0.2, -0.15) is 0 Å². The number of halogens is 1. The van der Waals surface area contributed by atoms with Gasteiger partial charge in [-0.25, -0.2) is 4.98 Å². The molecule has 0 saturated heterocycles.